The number of nitrogens with two attached hydrogens (primary N) is 1. The summed E-state index contributed by atoms with van der Waals surface area (Å²) < 4.78 is 0. The molecule has 1 rings (SSSR count). The Morgan fingerprint density at radius 2 is 2.10 bits per heavy atom. The summed E-state index contributed by atoms with van der Waals surface area (Å²) >= 11 is 1.29. The van der Waals surface area contributed by atoms with E-state index in [0.717, 1.165) is 13.1 Å². The van der Waals surface area contributed by atoms with Gasteiger partial charge < -0.3 is 21.3 Å². The molecule has 114 valence electrons. The first-order valence-electron chi connectivity index (χ1n) is 6.80. The van der Waals surface area contributed by atoms with Crippen LogP contribution in [-0.2, 0) is 0 Å². The minimum atomic E-state index is -0.148. The van der Waals surface area contributed by atoms with Gasteiger partial charge in [-0.15, -0.1) is 0 Å². The number of hydrogen-bond donors (Lipinski definition) is 3. The zero-order valence-corrected chi connectivity index (χ0v) is 13.7. The van der Waals surface area contributed by atoms with Crippen molar-refractivity contribution >= 4 is 28.2 Å². The molecule has 0 saturated heterocycles. The molecule has 0 aliphatic rings. The zero-order valence-electron chi connectivity index (χ0n) is 12.9. The molecule has 6 nitrogen and oxygen atoms in total. The van der Waals surface area contributed by atoms with Gasteiger partial charge >= 0.3 is 0 Å². The number of likely N-dealkylation sites (N-methyl/N-ethyl adjacent to an activating group) is 1. The van der Waals surface area contributed by atoms with Gasteiger partial charge in [-0.1, -0.05) is 25.2 Å². The first-order valence-corrected chi connectivity index (χ1v) is 7.62. The number of anilines is 2. The summed E-state index contributed by atoms with van der Waals surface area (Å²) in [4.78, 5) is 19.0. The predicted octanol–water partition coefficient (Wildman–Crippen LogP) is 1.47. The van der Waals surface area contributed by atoms with Crippen LogP contribution in [0.2, 0.25) is 0 Å². The smallest absolute Gasteiger partial charge is 0.265 e. The summed E-state index contributed by atoms with van der Waals surface area (Å²) in [5.41, 5.74) is 5.81. The van der Waals surface area contributed by atoms with Gasteiger partial charge in [0, 0.05) is 19.1 Å². The normalized spacial score (nSPS) is 12.8. The quantitative estimate of drug-likeness (QED) is 0.710. The molecule has 1 heterocycles. The van der Waals surface area contributed by atoms with Crippen molar-refractivity contribution in [1.82, 2.24) is 15.2 Å². The lowest BCUT2D eigenvalue weighted by Gasteiger charge is -2.25. The zero-order chi connectivity index (χ0) is 15.3. The Labute approximate surface area is 124 Å². The summed E-state index contributed by atoms with van der Waals surface area (Å²) in [6.07, 6.45) is 0. The van der Waals surface area contributed by atoms with Crippen molar-refractivity contribution in [1.29, 1.82) is 0 Å². The summed E-state index contributed by atoms with van der Waals surface area (Å²) in [5, 5.41) is 6.80. The van der Waals surface area contributed by atoms with Crippen molar-refractivity contribution in [3.8, 4) is 0 Å². The van der Waals surface area contributed by atoms with Crippen LogP contribution in [0.4, 0.5) is 10.9 Å². The number of amides is 1. The highest BCUT2D eigenvalue weighted by Crippen LogP contribution is 2.24. The molecule has 0 saturated carbocycles. The first-order chi connectivity index (χ1) is 9.35. The molecule has 0 bridgehead atoms. The number of hydrogen-bond acceptors (Lipinski definition) is 6. The average Bonchev–Trinajstić information content (AvgIpc) is 2.69. The standard InChI is InChI=1S/C13H25N5OS/c1-6-15-13-17-11(14)10(20-13)12(19)16-9(8(2)3)7-18(4)5/h8-9H,6-7,14H2,1-5H3,(H,15,17)(H,16,19). The molecule has 0 spiro atoms. The van der Waals surface area contributed by atoms with Gasteiger partial charge in [-0.2, -0.15) is 0 Å². The number of nitrogens with zero attached hydrogens (tertiary/aromatic N) is 2. The van der Waals surface area contributed by atoms with Gasteiger partial charge in [0.2, 0.25) is 0 Å². The van der Waals surface area contributed by atoms with E-state index in [1.165, 1.54) is 11.3 Å². The second kappa shape index (κ2) is 7.44. The second-order valence-corrected chi connectivity index (χ2v) is 6.35. The molecule has 4 N–H and O–H groups in total. The van der Waals surface area contributed by atoms with E-state index in [-0.39, 0.29) is 17.8 Å². The highest BCUT2D eigenvalue weighted by atomic mass is 32.1. The lowest BCUT2D eigenvalue weighted by atomic mass is 10.0. The van der Waals surface area contributed by atoms with Crippen LogP contribution in [0.25, 0.3) is 0 Å². The molecule has 1 atom stereocenters. The minimum Gasteiger partial charge on any atom is -0.382 e. The maximum atomic E-state index is 12.3. The van der Waals surface area contributed by atoms with Gasteiger partial charge in [0.25, 0.3) is 5.91 Å². The maximum absolute atomic E-state index is 12.3. The molecule has 0 aliphatic heterocycles. The largest absolute Gasteiger partial charge is 0.382 e. The van der Waals surface area contributed by atoms with Crippen LogP contribution in [0.1, 0.15) is 30.4 Å². The summed E-state index contributed by atoms with van der Waals surface area (Å²) in [6, 6.07) is 0.0848. The van der Waals surface area contributed by atoms with Gasteiger partial charge in [0.05, 0.1) is 0 Å². The molecular weight excluding hydrogens is 274 g/mol. The predicted molar refractivity (Wildman–Crippen MR) is 85.3 cm³/mol. The van der Waals surface area contributed by atoms with E-state index in [2.05, 4.69) is 34.4 Å². The number of nitrogens with one attached hydrogen (secondary N) is 2. The van der Waals surface area contributed by atoms with Gasteiger partial charge in [-0.3, -0.25) is 4.79 Å². The third-order valence-corrected chi connectivity index (χ3v) is 3.90. The molecule has 1 amide bonds. The van der Waals surface area contributed by atoms with Gasteiger partial charge in [0.15, 0.2) is 5.13 Å². The molecule has 0 radical (unpaired) electrons. The molecule has 1 aromatic rings. The van der Waals surface area contributed by atoms with Crippen LogP contribution in [0, 0.1) is 5.92 Å². The van der Waals surface area contributed by atoms with Crippen LogP contribution < -0.4 is 16.4 Å². The molecule has 0 fully saturated rings. The Bertz CT molecular complexity index is 444. The van der Waals surface area contributed by atoms with E-state index in [1.807, 2.05) is 21.0 Å². The summed E-state index contributed by atoms with van der Waals surface area (Å²) in [7, 11) is 3.98. The fraction of sp³-hybridized carbons (Fsp3) is 0.692. The van der Waals surface area contributed by atoms with E-state index < -0.39 is 0 Å². The van der Waals surface area contributed by atoms with Crippen LogP contribution in [0.15, 0.2) is 0 Å². The summed E-state index contributed by atoms with van der Waals surface area (Å²) in [6.45, 7) is 7.71. The first kappa shape index (κ1) is 16.7. The summed E-state index contributed by atoms with van der Waals surface area (Å²) in [5.74, 6) is 0.490. The number of carbonyl (C=O) groups excluding carboxylic acids is 1. The Hall–Kier alpha value is -1.34. The van der Waals surface area contributed by atoms with E-state index in [0.29, 0.717) is 15.9 Å². The van der Waals surface area contributed by atoms with Crippen molar-refractivity contribution in [3.05, 3.63) is 4.88 Å². The molecule has 0 aliphatic carbocycles. The van der Waals surface area contributed by atoms with Gasteiger partial charge in [-0.25, -0.2) is 4.98 Å². The molecule has 20 heavy (non-hydrogen) atoms. The Balaban J connectivity index is 2.78. The fourth-order valence-electron chi connectivity index (χ4n) is 1.77. The molecule has 1 unspecified atom stereocenters. The maximum Gasteiger partial charge on any atom is 0.265 e. The third kappa shape index (κ3) is 4.64. The number of thiazole rings is 1. The SMILES string of the molecule is CCNc1nc(N)c(C(=O)NC(CN(C)C)C(C)C)s1. The fourth-order valence-corrected chi connectivity index (χ4v) is 2.63. The monoisotopic (exact) mass is 299 g/mol. The lowest BCUT2D eigenvalue weighted by molar-refractivity contribution is 0.0921. The highest BCUT2D eigenvalue weighted by molar-refractivity contribution is 7.18. The Morgan fingerprint density at radius 3 is 2.60 bits per heavy atom. The molecule has 1 aromatic heterocycles. The Morgan fingerprint density at radius 1 is 1.45 bits per heavy atom. The highest BCUT2D eigenvalue weighted by Gasteiger charge is 2.21. The van der Waals surface area contributed by atoms with Crippen LogP contribution >= 0.6 is 11.3 Å². The van der Waals surface area contributed by atoms with E-state index in [1.54, 1.807) is 0 Å². The second-order valence-electron chi connectivity index (χ2n) is 5.35. The number of nitrogen functional groups attached to an aromatic ring is 1. The van der Waals surface area contributed by atoms with Crippen molar-refractivity contribution in [2.45, 2.75) is 26.8 Å². The molecule has 0 aromatic carbocycles. The molecular formula is C13H25N5OS. The van der Waals surface area contributed by atoms with Crippen LogP contribution in [-0.4, -0.2) is 49.0 Å². The van der Waals surface area contributed by atoms with Crippen LogP contribution in [0.3, 0.4) is 0 Å². The van der Waals surface area contributed by atoms with E-state index in [9.17, 15) is 4.79 Å². The topological polar surface area (TPSA) is 83.3 Å². The van der Waals surface area contributed by atoms with Crippen molar-refractivity contribution in [3.63, 3.8) is 0 Å². The number of carbonyl (C=O) groups is 1. The lowest BCUT2D eigenvalue weighted by Crippen LogP contribution is -2.44. The van der Waals surface area contributed by atoms with Crippen molar-refractivity contribution < 1.29 is 4.79 Å². The van der Waals surface area contributed by atoms with Crippen molar-refractivity contribution in [2.24, 2.45) is 5.92 Å². The van der Waals surface area contributed by atoms with E-state index in [4.69, 9.17) is 5.73 Å². The van der Waals surface area contributed by atoms with Gasteiger partial charge in [0.1, 0.15) is 10.7 Å². The minimum absolute atomic E-state index is 0.0848. The average molecular weight is 299 g/mol. The van der Waals surface area contributed by atoms with Crippen molar-refractivity contribution in [2.75, 3.05) is 38.2 Å². The molecule has 7 heteroatoms. The number of aromatic nitrogens is 1. The third-order valence-electron chi connectivity index (χ3n) is 2.87. The number of rotatable bonds is 7. The Kier molecular flexibility index (Phi) is 6.22. The van der Waals surface area contributed by atoms with Gasteiger partial charge in [-0.05, 0) is 26.9 Å². The van der Waals surface area contributed by atoms with Crippen LogP contribution in [0.5, 0.6) is 0 Å². The van der Waals surface area contributed by atoms with E-state index >= 15 is 0 Å².